The van der Waals surface area contributed by atoms with Gasteiger partial charge in [0.05, 0.1) is 5.02 Å². The topological polar surface area (TPSA) is 63.3 Å². The van der Waals surface area contributed by atoms with Crippen molar-refractivity contribution in [3.63, 3.8) is 0 Å². The highest BCUT2D eigenvalue weighted by atomic mass is 35.5. The molecule has 0 atom stereocenters. The lowest BCUT2D eigenvalue weighted by molar-refractivity contribution is -0.138. The van der Waals surface area contributed by atoms with Gasteiger partial charge in [0.15, 0.2) is 0 Å². The van der Waals surface area contributed by atoms with Gasteiger partial charge in [0.2, 0.25) is 0 Å². The second-order valence-corrected chi connectivity index (χ2v) is 5.68. The highest BCUT2D eigenvalue weighted by molar-refractivity contribution is 8.01. The van der Waals surface area contributed by atoms with Crippen molar-refractivity contribution in [2.45, 2.75) is 23.5 Å². The largest absolute Gasteiger partial charge is 0.480 e. The van der Waals surface area contributed by atoms with Crippen LogP contribution in [0.4, 0.5) is 5.69 Å². The molecule has 1 aromatic carbocycles. The van der Waals surface area contributed by atoms with Crippen molar-refractivity contribution in [3.8, 4) is 0 Å². The first-order chi connectivity index (χ1) is 6.83. The Morgan fingerprint density at radius 3 is 2.60 bits per heavy atom. The number of thioether (sulfide) groups is 1. The van der Waals surface area contributed by atoms with E-state index in [0.717, 1.165) is 4.90 Å². The Bertz CT molecular complexity index is 393. The third-order valence-electron chi connectivity index (χ3n) is 1.84. The second kappa shape index (κ2) is 4.33. The number of hydrogen-bond acceptors (Lipinski definition) is 3. The number of aliphatic carboxylic acids is 1. The smallest absolute Gasteiger partial charge is 0.319 e. The number of halogens is 1. The van der Waals surface area contributed by atoms with Crippen molar-refractivity contribution in [1.82, 2.24) is 0 Å². The summed E-state index contributed by atoms with van der Waals surface area (Å²) in [6.07, 6.45) is 0. The standard InChI is InChI=1S/C10H12ClNO2S/c1-10(2,9(13)14)15-8-4-3-6(12)5-7(8)11/h3-5H,12H2,1-2H3,(H,13,14). The molecule has 0 aliphatic heterocycles. The average Bonchev–Trinajstić information content (AvgIpc) is 2.09. The Hall–Kier alpha value is -0.870. The quantitative estimate of drug-likeness (QED) is 0.635. The summed E-state index contributed by atoms with van der Waals surface area (Å²) >= 11 is 7.15. The molecule has 5 heteroatoms. The molecule has 0 unspecified atom stereocenters. The number of nitrogen functional groups attached to an aromatic ring is 1. The number of benzene rings is 1. The fourth-order valence-electron chi connectivity index (χ4n) is 0.918. The number of nitrogens with two attached hydrogens (primary N) is 1. The van der Waals surface area contributed by atoms with Gasteiger partial charge in [-0.1, -0.05) is 11.6 Å². The summed E-state index contributed by atoms with van der Waals surface area (Å²) in [6, 6.07) is 5.04. The maximum absolute atomic E-state index is 10.9. The molecule has 0 fully saturated rings. The molecule has 0 aliphatic rings. The van der Waals surface area contributed by atoms with Crippen molar-refractivity contribution in [3.05, 3.63) is 23.2 Å². The Morgan fingerprint density at radius 2 is 2.13 bits per heavy atom. The Kier molecular flexibility index (Phi) is 3.52. The predicted octanol–water partition coefficient (Wildman–Crippen LogP) is 2.88. The van der Waals surface area contributed by atoms with Crippen LogP contribution in [0.1, 0.15) is 13.8 Å². The molecule has 1 aromatic rings. The molecule has 0 heterocycles. The Labute approximate surface area is 97.6 Å². The second-order valence-electron chi connectivity index (χ2n) is 3.61. The maximum Gasteiger partial charge on any atom is 0.319 e. The lowest BCUT2D eigenvalue weighted by atomic mass is 10.2. The average molecular weight is 246 g/mol. The maximum atomic E-state index is 10.9. The number of carboxylic acids is 1. The summed E-state index contributed by atoms with van der Waals surface area (Å²) in [7, 11) is 0. The number of hydrogen-bond donors (Lipinski definition) is 2. The summed E-state index contributed by atoms with van der Waals surface area (Å²) in [6.45, 7) is 3.26. The third-order valence-corrected chi connectivity index (χ3v) is 3.52. The zero-order valence-electron chi connectivity index (χ0n) is 8.45. The molecular weight excluding hydrogens is 234 g/mol. The van der Waals surface area contributed by atoms with Crippen molar-refractivity contribution in [2.75, 3.05) is 5.73 Å². The molecule has 0 saturated heterocycles. The molecule has 0 saturated carbocycles. The molecule has 3 N–H and O–H groups in total. The van der Waals surface area contributed by atoms with Crippen LogP contribution in [-0.4, -0.2) is 15.8 Å². The van der Waals surface area contributed by atoms with Gasteiger partial charge < -0.3 is 10.8 Å². The van der Waals surface area contributed by atoms with Crippen LogP contribution in [0.15, 0.2) is 23.1 Å². The van der Waals surface area contributed by atoms with Crippen LogP contribution in [0.25, 0.3) is 0 Å². The van der Waals surface area contributed by atoms with E-state index in [1.54, 1.807) is 32.0 Å². The molecule has 3 nitrogen and oxygen atoms in total. The molecule has 1 rings (SSSR count). The van der Waals surface area contributed by atoms with E-state index in [-0.39, 0.29) is 0 Å². The molecule has 0 aromatic heterocycles. The zero-order valence-corrected chi connectivity index (χ0v) is 10.0. The molecule has 0 radical (unpaired) electrons. The van der Waals surface area contributed by atoms with Crippen LogP contribution in [-0.2, 0) is 4.79 Å². The monoisotopic (exact) mass is 245 g/mol. The summed E-state index contributed by atoms with van der Waals surface area (Å²) in [5.74, 6) is -0.875. The number of rotatable bonds is 3. The van der Waals surface area contributed by atoms with E-state index in [1.807, 2.05) is 0 Å². The lowest BCUT2D eigenvalue weighted by Crippen LogP contribution is -2.26. The van der Waals surface area contributed by atoms with Crippen LogP contribution in [0.5, 0.6) is 0 Å². The van der Waals surface area contributed by atoms with Crippen molar-refractivity contribution >= 4 is 35.0 Å². The van der Waals surface area contributed by atoms with Gasteiger partial charge in [-0.05, 0) is 32.0 Å². The minimum absolute atomic E-state index is 0.481. The van der Waals surface area contributed by atoms with E-state index in [0.29, 0.717) is 10.7 Å². The van der Waals surface area contributed by atoms with Crippen LogP contribution < -0.4 is 5.73 Å². The minimum Gasteiger partial charge on any atom is -0.480 e. The Balaban J connectivity index is 2.95. The van der Waals surface area contributed by atoms with Crippen LogP contribution in [0.3, 0.4) is 0 Å². The van der Waals surface area contributed by atoms with Crippen LogP contribution in [0, 0.1) is 0 Å². The van der Waals surface area contributed by atoms with E-state index in [4.69, 9.17) is 22.4 Å². The van der Waals surface area contributed by atoms with E-state index in [1.165, 1.54) is 11.8 Å². The summed E-state index contributed by atoms with van der Waals surface area (Å²) in [5.41, 5.74) is 6.11. The van der Waals surface area contributed by atoms with E-state index in [9.17, 15) is 4.79 Å². The SMILES string of the molecule is CC(C)(Sc1ccc(N)cc1Cl)C(=O)O. The molecule has 0 amide bonds. The Morgan fingerprint density at radius 1 is 1.53 bits per heavy atom. The van der Waals surface area contributed by atoms with Gasteiger partial charge in [-0.15, -0.1) is 11.8 Å². The first kappa shape index (κ1) is 12.2. The predicted molar refractivity (Wildman–Crippen MR) is 63.4 cm³/mol. The lowest BCUT2D eigenvalue weighted by Gasteiger charge is -2.19. The molecular formula is C10H12ClNO2S. The summed E-state index contributed by atoms with van der Waals surface area (Å²) < 4.78 is -0.903. The number of carbonyl (C=O) groups is 1. The van der Waals surface area contributed by atoms with Gasteiger partial charge in [0.1, 0.15) is 4.75 Å². The van der Waals surface area contributed by atoms with Crippen LogP contribution in [0.2, 0.25) is 5.02 Å². The van der Waals surface area contributed by atoms with Gasteiger partial charge in [-0.25, -0.2) is 0 Å². The summed E-state index contributed by atoms with van der Waals surface area (Å²) in [5, 5.41) is 9.44. The van der Waals surface area contributed by atoms with E-state index in [2.05, 4.69) is 0 Å². The molecule has 0 spiro atoms. The molecule has 15 heavy (non-hydrogen) atoms. The number of anilines is 1. The molecule has 82 valence electrons. The van der Waals surface area contributed by atoms with Crippen molar-refractivity contribution in [1.29, 1.82) is 0 Å². The van der Waals surface area contributed by atoms with E-state index < -0.39 is 10.7 Å². The van der Waals surface area contributed by atoms with Crippen molar-refractivity contribution < 1.29 is 9.90 Å². The number of carboxylic acid groups (broad SMARTS) is 1. The van der Waals surface area contributed by atoms with Crippen LogP contribution >= 0.6 is 23.4 Å². The molecule has 0 bridgehead atoms. The van der Waals surface area contributed by atoms with Crippen molar-refractivity contribution in [2.24, 2.45) is 0 Å². The first-order valence-electron chi connectivity index (χ1n) is 4.30. The first-order valence-corrected chi connectivity index (χ1v) is 5.50. The minimum atomic E-state index is -0.903. The van der Waals surface area contributed by atoms with Gasteiger partial charge in [0.25, 0.3) is 0 Å². The highest BCUT2D eigenvalue weighted by Gasteiger charge is 2.29. The van der Waals surface area contributed by atoms with Gasteiger partial charge in [0, 0.05) is 10.6 Å². The normalized spacial score (nSPS) is 11.4. The fraction of sp³-hybridized carbons (Fsp3) is 0.300. The third kappa shape index (κ3) is 3.04. The van der Waals surface area contributed by atoms with Gasteiger partial charge in [-0.2, -0.15) is 0 Å². The fourth-order valence-corrected chi connectivity index (χ4v) is 2.15. The van der Waals surface area contributed by atoms with Gasteiger partial charge in [-0.3, -0.25) is 4.79 Å². The summed E-state index contributed by atoms with van der Waals surface area (Å²) in [4.78, 5) is 11.6. The highest BCUT2D eigenvalue weighted by Crippen LogP contribution is 2.37. The van der Waals surface area contributed by atoms with Gasteiger partial charge >= 0.3 is 5.97 Å². The molecule has 0 aliphatic carbocycles. The van der Waals surface area contributed by atoms with E-state index >= 15 is 0 Å². The zero-order chi connectivity index (χ0) is 11.6.